The Bertz CT molecular complexity index is 600. The van der Waals surface area contributed by atoms with Crippen LogP contribution in [0.5, 0.6) is 0 Å². The number of sulfone groups is 1. The van der Waals surface area contributed by atoms with Crippen molar-refractivity contribution >= 4 is 15.8 Å². The minimum absolute atomic E-state index is 0.0270. The summed E-state index contributed by atoms with van der Waals surface area (Å²) >= 11 is 0. The van der Waals surface area contributed by atoms with Crippen molar-refractivity contribution in [3.63, 3.8) is 0 Å². The van der Waals surface area contributed by atoms with Gasteiger partial charge < -0.3 is 20.1 Å². The molecule has 2 heterocycles. The monoisotopic (exact) mass is 387 g/mol. The highest BCUT2D eigenvalue weighted by Crippen LogP contribution is 2.39. The van der Waals surface area contributed by atoms with Gasteiger partial charge in [-0.3, -0.25) is 4.99 Å². The third kappa shape index (κ3) is 5.33. The second-order valence-electron chi connectivity index (χ2n) is 8.01. The maximum Gasteiger partial charge on any atom is 0.191 e. The van der Waals surface area contributed by atoms with E-state index in [1.165, 1.54) is 0 Å². The van der Waals surface area contributed by atoms with E-state index in [0.717, 1.165) is 44.1 Å². The van der Waals surface area contributed by atoms with E-state index >= 15 is 0 Å². The molecule has 2 unspecified atom stereocenters. The van der Waals surface area contributed by atoms with Crippen molar-refractivity contribution in [2.75, 3.05) is 37.7 Å². The van der Waals surface area contributed by atoms with Gasteiger partial charge in [0.15, 0.2) is 21.6 Å². The molecule has 26 heavy (non-hydrogen) atoms. The SMILES string of the molecule is CCNC(=NCC1CCS(=O)(=O)C1)NCC1COC2(CCC(C)CC2)O1. The van der Waals surface area contributed by atoms with Gasteiger partial charge >= 0.3 is 0 Å². The molecule has 8 heteroatoms. The molecule has 3 aliphatic rings. The third-order valence-corrected chi connectivity index (χ3v) is 7.46. The summed E-state index contributed by atoms with van der Waals surface area (Å²) in [5.41, 5.74) is 0. The van der Waals surface area contributed by atoms with Crippen LogP contribution in [-0.2, 0) is 19.3 Å². The van der Waals surface area contributed by atoms with Crippen LogP contribution in [0, 0.1) is 11.8 Å². The molecule has 3 fully saturated rings. The maximum absolute atomic E-state index is 11.6. The number of aliphatic imine (C=N–C) groups is 1. The van der Waals surface area contributed by atoms with Crippen molar-refractivity contribution in [3.8, 4) is 0 Å². The molecule has 0 bridgehead atoms. The molecule has 2 saturated heterocycles. The Morgan fingerprint density at radius 2 is 2.00 bits per heavy atom. The largest absolute Gasteiger partial charge is 0.357 e. The number of nitrogens with zero attached hydrogens (tertiary/aromatic N) is 1. The topological polar surface area (TPSA) is 89.0 Å². The minimum Gasteiger partial charge on any atom is -0.357 e. The van der Waals surface area contributed by atoms with Crippen LogP contribution in [0.4, 0.5) is 0 Å². The zero-order chi connectivity index (χ0) is 18.6. The second kappa shape index (κ2) is 8.44. The van der Waals surface area contributed by atoms with Crippen molar-refractivity contribution in [1.29, 1.82) is 0 Å². The number of hydrogen-bond acceptors (Lipinski definition) is 5. The highest BCUT2D eigenvalue weighted by atomic mass is 32.2. The molecule has 1 spiro atoms. The molecule has 0 radical (unpaired) electrons. The summed E-state index contributed by atoms with van der Waals surface area (Å²) in [6, 6.07) is 0. The fourth-order valence-electron chi connectivity index (χ4n) is 3.97. The number of ether oxygens (including phenoxy) is 2. The lowest BCUT2D eigenvalue weighted by molar-refractivity contribution is -0.191. The van der Waals surface area contributed by atoms with E-state index in [1.807, 2.05) is 6.92 Å². The molecule has 2 atom stereocenters. The Morgan fingerprint density at radius 1 is 1.23 bits per heavy atom. The lowest BCUT2D eigenvalue weighted by Gasteiger charge is -2.34. The van der Waals surface area contributed by atoms with Crippen LogP contribution in [0.15, 0.2) is 4.99 Å². The Morgan fingerprint density at radius 3 is 2.65 bits per heavy atom. The van der Waals surface area contributed by atoms with Crippen LogP contribution in [-0.4, -0.2) is 64.0 Å². The zero-order valence-electron chi connectivity index (χ0n) is 16.0. The molecule has 2 aliphatic heterocycles. The first kappa shape index (κ1) is 19.9. The summed E-state index contributed by atoms with van der Waals surface area (Å²) in [5, 5.41) is 6.54. The first-order valence-corrected chi connectivity index (χ1v) is 11.8. The van der Waals surface area contributed by atoms with E-state index < -0.39 is 9.84 Å². The predicted molar refractivity (Wildman–Crippen MR) is 102 cm³/mol. The summed E-state index contributed by atoms with van der Waals surface area (Å²) in [7, 11) is -2.85. The Kier molecular flexibility index (Phi) is 6.45. The van der Waals surface area contributed by atoms with E-state index in [-0.39, 0.29) is 23.6 Å². The van der Waals surface area contributed by atoms with Gasteiger partial charge in [-0.1, -0.05) is 6.92 Å². The van der Waals surface area contributed by atoms with Crippen LogP contribution in [0.1, 0.15) is 46.0 Å². The van der Waals surface area contributed by atoms with Gasteiger partial charge in [-0.2, -0.15) is 0 Å². The van der Waals surface area contributed by atoms with E-state index in [2.05, 4.69) is 22.5 Å². The number of guanidine groups is 1. The summed E-state index contributed by atoms with van der Waals surface area (Å²) in [6.45, 7) is 6.87. The number of hydrogen-bond donors (Lipinski definition) is 2. The molecule has 3 rings (SSSR count). The molecular weight excluding hydrogens is 354 g/mol. The van der Waals surface area contributed by atoms with Crippen molar-refractivity contribution in [3.05, 3.63) is 0 Å². The van der Waals surface area contributed by atoms with E-state index in [9.17, 15) is 8.42 Å². The molecule has 0 aromatic rings. The van der Waals surface area contributed by atoms with E-state index in [4.69, 9.17) is 9.47 Å². The van der Waals surface area contributed by atoms with Crippen molar-refractivity contribution in [2.45, 2.75) is 57.8 Å². The lowest BCUT2D eigenvalue weighted by atomic mass is 9.86. The van der Waals surface area contributed by atoms with E-state index in [0.29, 0.717) is 31.9 Å². The van der Waals surface area contributed by atoms with Crippen LogP contribution in [0.2, 0.25) is 0 Å². The second-order valence-corrected chi connectivity index (χ2v) is 10.2. The van der Waals surface area contributed by atoms with Gasteiger partial charge in [0.1, 0.15) is 6.10 Å². The first-order chi connectivity index (χ1) is 12.4. The molecule has 150 valence electrons. The molecule has 0 aromatic carbocycles. The molecular formula is C18H33N3O4S. The Hall–Kier alpha value is -0.860. The lowest BCUT2D eigenvalue weighted by Crippen LogP contribution is -2.43. The molecule has 0 aromatic heterocycles. The van der Waals surface area contributed by atoms with Crippen LogP contribution in [0.25, 0.3) is 0 Å². The van der Waals surface area contributed by atoms with Crippen molar-refractivity contribution in [2.24, 2.45) is 16.8 Å². The average Bonchev–Trinajstić information content (AvgIpc) is 3.16. The zero-order valence-corrected chi connectivity index (χ0v) is 16.8. The average molecular weight is 388 g/mol. The van der Waals surface area contributed by atoms with Gasteiger partial charge in [0.25, 0.3) is 0 Å². The van der Waals surface area contributed by atoms with Crippen LogP contribution in [0.3, 0.4) is 0 Å². The number of rotatable bonds is 5. The molecule has 1 saturated carbocycles. The normalized spacial score (nSPS) is 37.2. The van der Waals surface area contributed by atoms with Gasteiger partial charge in [-0.15, -0.1) is 0 Å². The van der Waals surface area contributed by atoms with Gasteiger partial charge in [-0.25, -0.2) is 8.42 Å². The Labute approximate surface area is 157 Å². The van der Waals surface area contributed by atoms with E-state index in [1.54, 1.807) is 0 Å². The van der Waals surface area contributed by atoms with Crippen molar-refractivity contribution in [1.82, 2.24) is 10.6 Å². The smallest absolute Gasteiger partial charge is 0.191 e. The van der Waals surface area contributed by atoms with Crippen LogP contribution >= 0.6 is 0 Å². The molecule has 1 aliphatic carbocycles. The minimum atomic E-state index is -2.85. The molecule has 2 N–H and O–H groups in total. The summed E-state index contributed by atoms with van der Waals surface area (Å²) < 4.78 is 35.4. The van der Waals surface area contributed by atoms with Gasteiger partial charge in [0, 0.05) is 32.5 Å². The summed E-state index contributed by atoms with van der Waals surface area (Å²) in [6.07, 6.45) is 5.03. The highest BCUT2D eigenvalue weighted by Gasteiger charge is 2.43. The molecule has 0 amide bonds. The summed E-state index contributed by atoms with van der Waals surface area (Å²) in [5.74, 6) is 1.80. The molecule has 7 nitrogen and oxygen atoms in total. The fourth-order valence-corrected chi connectivity index (χ4v) is 5.82. The maximum atomic E-state index is 11.6. The standard InChI is InChI=1S/C18H33N3O4S/c1-3-19-17(20-10-15-6-9-26(22,23)13-15)21-11-16-12-24-18(25-16)7-4-14(2)5-8-18/h14-16H,3-13H2,1-2H3,(H2,19,20,21). The predicted octanol–water partition coefficient (Wildman–Crippen LogP) is 1.30. The quantitative estimate of drug-likeness (QED) is 0.546. The fraction of sp³-hybridized carbons (Fsp3) is 0.944. The van der Waals surface area contributed by atoms with Crippen molar-refractivity contribution < 1.29 is 17.9 Å². The van der Waals surface area contributed by atoms with Gasteiger partial charge in [0.2, 0.25) is 0 Å². The van der Waals surface area contributed by atoms with Crippen LogP contribution < -0.4 is 10.6 Å². The Balaban J connectivity index is 1.46. The summed E-state index contributed by atoms with van der Waals surface area (Å²) in [4.78, 5) is 4.57. The highest BCUT2D eigenvalue weighted by molar-refractivity contribution is 7.91. The van der Waals surface area contributed by atoms with Gasteiger partial charge in [-0.05, 0) is 38.0 Å². The number of nitrogens with one attached hydrogen (secondary N) is 2. The third-order valence-electron chi connectivity index (χ3n) is 5.63. The first-order valence-electron chi connectivity index (χ1n) is 9.94. The van der Waals surface area contributed by atoms with Gasteiger partial charge in [0.05, 0.1) is 18.1 Å².